The van der Waals surface area contributed by atoms with Crippen LogP contribution in [-0.2, 0) is 12.7 Å². The molecule has 1 aromatic carbocycles. The lowest BCUT2D eigenvalue weighted by atomic mass is 10.1. The summed E-state index contributed by atoms with van der Waals surface area (Å²) in [6.07, 6.45) is -0.532. The highest BCUT2D eigenvalue weighted by Crippen LogP contribution is 2.29. The van der Waals surface area contributed by atoms with Crippen LogP contribution in [0.15, 0.2) is 54.9 Å². The van der Waals surface area contributed by atoms with Crippen molar-refractivity contribution in [1.82, 2.24) is 19.2 Å². The number of halogens is 3. The summed E-state index contributed by atoms with van der Waals surface area (Å²) in [4.78, 5) is 21.0. The Hall–Kier alpha value is -2.87. The van der Waals surface area contributed by atoms with Gasteiger partial charge in [-0.15, -0.1) is 0 Å². The molecule has 8 heteroatoms. The van der Waals surface area contributed by atoms with Gasteiger partial charge >= 0.3 is 6.18 Å². The maximum atomic E-state index is 12.9. The fourth-order valence-electron chi connectivity index (χ4n) is 3.41. The average Bonchev–Trinajstić information content (AvgIpc) is 3.10. The van der Waals surface area contributed by atoms with Crippen molar-refractivity contribution in [3.8, 4) is 0 Å². The Balaban J connectivity index is 1.38. The molecule has 146 valence electrons. The van der Waals surface area contributed by atoms with E-state index < -0.39 is 11.7 Å². The number of hydrogen-bond acceptors (Lipinski definition) is 3. The number of pyridine rings is 1. The first-order valence-corrected chi connectivity index (χ1v) is 9.02. The lowest BCUT2D eigenvalue weighted by Crippen LogP contribution is -2.48. The second kappa shape index (κ2) is 7.27. The van der Waals surface area contributed by atoms with Gasteiger partial charge in [0.1, 0.15) is 5.65 Å². The monoisotopic (exact) mass is 388 g/mol. The number of benzene rings is 1. The summed E-state index contributed by atoms with van der Waals surface area (Å²) in [6, 6.07) is 10.4. The molecule has 0 spiro atoms. The van der Waals surface area contributed by atoms with Crippen molar-refractivity contribution in [3.05, 3.63) is 71.7 Å². The first-order valence-electron chi connectivity index (χ1n) is 9.02. The van der Waals surface area contributed by atoms with Crippen LogP contribution in [0.5, 0.6) is 0 Å². The molecular formula is C20H19F3N4O. The van der Waals surface area contributed by atoms with Crippen molar-refractivity contribution in [2.24, 2.45) is 0 Å². The van der Waals surface area contributed by atoms with E-state index in [1.54, 1.807) is 4.90 Å². The van der Waals surface area contributed by atoms with Gasteiger partial charge in [-0.2, -0.15) is 13.2 Å². The van der Waals surface area contributed by atoms with E-state index in [1.807, 2.05) is 35.0 Å². The predicted octanol–water partition coefficient (Wildman–Crippen LogP) is 3.31. The first-order chi connectivity index (χ1) is 13.4. The van der Waals surface area contributed by atoms with Crippen molar-refractivity contribution >= 4 is 11.6 Å². The lowest BCUT2D eigenvalue weighted by molar-refractivity contribution is -0.137. The standard InChI is InChI=1S/C20H19F3N4O/c21-20(22,23)16-5-3-4-15(12-16)19(28)26-10-8-25(9-11-26)13-17-14-27-7-2-1-6-18(27)24-17/h1-7,12,14H,8-11,13H2. The molecule has 0 aliphatic carbocycles. The Morgan fingerprint density at radius 2 is 1.82 bits per heavy atom. The highest BCUT2D eigenvalue weighted by molar-refractivity contribution is 5.94. The van der Waals surface area contributed by atoms with Gasteiger partial charge in [0.25, 0.3) is 5.91 Å². The van der Waals surface area contributed by atoms with E-state index in [0.29, 0.717) is 32.7 Å². The molecule has 1 aliphatic rings. The zero-order valence-electron chi connectivity index (χ0n) is 15.1. The van der Waals surface area contributed by atoms with Gasteiger partial charge in [-0.1, -0.05) is 12.1 Å². The molecule has 4 rings (SSSR count). The second-order valence-corrected chi connectivity index (χ2v) is 6.85. The summed E-state index contributed by atoms with van der Waals surface area (Å²) in [5.74, 6) is -0.363. The number of nitrogens with zero attached hydrogens (tertiary/aromatic N) is 4. The van der Waals surface area contributed by atoms with Gasteiger partial charge in [0.2, 0.25) is 0 Å². The molecule has 5 nitrogen and oxygen atoms in total. The molecule has 3 aromatic rings. The van der Waals surface area contributed by atoms with Crippen LogP contribution in [0.4, 0.5) is 13.2 Å². The maximum Gasteiger partial charge on any atom is 0.416 e. The number of rotatable bonds is 3. The van der Waals surface area contributed by atoms with E-state index in [-0.39, 0.29) is 11.5 Å². The Morgan fingerprint density at radius 1 is 1.04 bits per heavy atom. The number of carbonyl (C=O) groups is 1. The smallest absolute Gasteiger partial charge is 0.336 e. The number of carbonyl (C=O) groups excluding carboxylic acids is 1. The van der Waals surface area contributed by atoms with Gasteiger partial charge in [0.15, 0.2) is 0 Å². The molecule has 0 N–H and O–H groups in total. The number of imidazole rings is 1. The number of fused-ring (bicyclic) bond motifs is 1. The Labute approximate surface area is 160 Å². The minimum absolute atomic E-state index is 0.0728. The zero-order valence-corrected chi connectivity index (χ0v) is 15.1. The van der Waals surface area contributed by atoms with E-state index >= 15 is 0 Å². The van der Waals surface area contributed by atoms with Crippen LogP contribution in [0.1, 0.15) is 21.6 Å². The molecule has 1 amide bonds. The summed E-state index contributed by atoms with van der Waals surface area (Å²) in [6.45, 7) is 2.93. The Kier molecular flexibility index (Phi) is 4.80. The molecule has 0 bridgehead atoms. The van der Waals surface area contributed by atoms with Crippen molar-refractivity contribution < 1.29 is 18.0 Å². The fraction of sp³-hybridized carbons (Fsp3) is 0.300. The summed E-state index contributed by atoms with van der Waals surface area (Å²) < 4.78 is 40.6. The molecule has 1 fully saturated rings. The van der Waals surface area contributed by atoms with Crippen LogP contribution in [0.3, 0.4) is 0 Å². The topological polar surface area (TPSA) is 40.9 Å². The summed E-state index contributed by atoms with van der Waals surface area (Å²) in [7, 11) is 0. The molecule has 1 saturated heterocycles. The van der Waals surface area contributed by atoms with E-state index in [9.17, 15) is 18.0 Å². The molecule has 0 unspecified atom stereocenters. The predicted molar refractivity (Wildman–Crippen MR) is 97.8 cm³/mol. The zero-order chi connectivity index (χ0) is 19.7. The van der Waals surface area contributed by atoms with Crippen molar-refractivity contribution in [2.45, 2.75) is 12.7 Å². The van der Waals surface area contributed by atoms with Crippen LogP contribution in [0.25, 0.3) is 5.65 Å². The minimum atomic E-state index is -4.46. The third-order valence-corrected chi connectivity index (χ3v) is 4.90. The summed E-state index contributed by atoms with van der Waals surface area (Å²) in [5.41, 5.74) is 1.10. The Morgan fingerprint density at radius 3 is 2.54 bits per heavy atom. The average molecular weight is 388 g/mol. The molecule has 0 radical (unpaired) electrons. The largest absolute Gasteiger partial charge is 0.416 e. The number of amides is 1. The third kappa shape index (κ3) is 3.87. The lowest BCUT2D eigenvalue weighted by Gasteiger charge is -2.34. The molecule has 3 heterocycles. The fourth-order valence-corrected chi connectivity index (χ4v) is 3.41. The molecular weight excluding hydrogens is 369 g/mol. The van der Waals surface area contributed by atoms with E-state index in [1.165, 1.54) is 12.1 Å². The van der Waals surface area contributed by atoms with Crippen LogP contribution in [0.2, 0.25) is 0 Å². The normalized spacial score (nSPS) is 15.9. The van der Waals surface area contributed by atoms with E-state index in [4.69, 9.17) is 0 Å². The summed E-state index contributed by atoms with van der Waals surface area (Å²) in [5, 5.41) is 0. The number of alkyl halides is 3. The van der Waals surface area contributed by atoms with Crippen molar-refractivity contribution in [2.75, 3.05) is 26.2 Å². The SMILES string of the molecule is O=C(c1cccc(C(F)(F)F)c1)N1CCN(Cc2cn3ccccc3n2)CC1. The third-order valence-electron chi connectivity index (χ3n) is 4.90. The molecule has 0 atom stereocenters. The number of aromatic nitrogens is 2. The Bertz CT molecular complexity index is 957. The maximum absolute atomic E-state index is 12.9. The van der Waals surface area contributed by atoms with Crippen LogP contribution >= 0.6 is 0 Å². The van der Waals surface area contributed by atoms with Gasteiger partial charge in [0.05, 0.1) is 11.3 Å². The van der Waals surface area contributed by atoms with Crippen molar-refractivity contribution in [3.63, 3.8) is 0 Å². The first kappa shape index (κ1) is 18.5. The second-order valence-electron chi connectivity index (χ2n) is 6.85. The highest BCUT2D eigenvalue weighted by Gasteiger charge is 2.31. The molecule has 1 aliphatic heterocycles. The van der Waals surface area contributed by atoms with Gasteiger partial charge in [-0.05, 0) is 30.3 Å². The van der Waals surface area contributed by atoms with E-state index in [0.717, 1.165) is 23.5 Å². The molecule has 0 saturated carbocycles. The van der Waals surface area contributed by atoms with Gasteiger partial charge in [-0.3, -0.25) is 9.69 Å². The molecule has 28 heavy (non-hydrogen) atoms. The quantitative estimate of drug-likeness (QED) is 0.691. The van der Waals surface area contributed by atoms with Crippen molar-refractivity contribution in [1.29, 1.82) is 0 Å². The summed E-state index contributed by atoms with van der Waals surface area (Å²) >= 11 is 0. The van der Waals surface area contributed by atoms with Gasteiger partial charge < -0.3 is 9.30 Å². The van der Waals surface area contributed by atoms with Gasteiger partial charge in [-0.25, -0.2) is 4.98 Å². The van der Waals surface area contributed by atoms with Crippen LogP contribution < -0.4 is 0 Å². The molecule has 2 aromatic heterocycles. The van der Waals surface area contributed by atoms with E-state index in [2.05, 4.69) is 9.88 Å². The highest BCUT2D eigenvalue weighted by atomic mass is 19.4. The number of piperazine rings is 1. The number of hydrogen-bond donors (Lipinski definition) is 0. The van der Waals surface area contributed by atoms with Crippen LogP contribution in [0, 0.1) is 0 Å². The van der Waals surface area contributed by atoms with Gasteiger partial charge in [0, 0.05) is 50.7 Å². The van der Waals surface area contributed by atoms with Crippen LogP contribution in [-0.4, -0.2) is 51.3 Å². The minimum Gasteiger partial charge on any atom is -0.336 e.